The van der Waals surface area contributed by atoms with Gasteiger partial charge in [-0.05, 0) is 12.1 Å². The van der Waals surface area contributed by atoms with E-state index in [1.165, 1.54) is 6.07 Å². The van der Waals surface area contributed by atoms with Crippen LogP contribution < -0.4 is 10.3 Å². The smallest absolute Gasteiger partial charge is 0.252 e. The van der Waals surface area contributed by atoms with Crippen molar-refractivity contribution in [3.63, 3.8) is 0 Å². The van der Waals surface area contributed by atoms with Gasteiger partial charge in [0.25, 0.3) is 5.56 Å². The van der Waals surface area contributed by atoms with Gasteiger partial charge in [-0.2, -0.15) is 0 Å². The van der Waals surface area contributed by atoms with Gasteiger partial charge < -0.3 is 9.72 Å². The predicted octanol–water partition coefficient (Wildman–Crippen LogP) is 3.12. The molecule has 0 atom stereocenters. The number of nitrogens with one attached hydrogen (secondary N) is 1. The zero-order chi connectivity index (χ0) is 13.2. The molecule has 0 aliphatic heterocycles. The molecular weight excluding hydrogens is 226 g/mol. The summed E-state index contributed by atoms with van der Waals surface area (Å²) in [5.41, 5.74) is 0.514. The molecule has 2 aromatic rings. The van der Waals surface area contributed by atoms with Crippen LogP contribution in [-0.4, -0.2) is 11.6 Å². The summed E-state index contributed by atoms with van der Waals surface area (Å²) in [7, 11) is 0. The summed E-state index contributed by atoms with van der Waals surface area (Å²) in [5, 5.41) is 0.914. The Labute approximate surface area is 106 Å². The highest BCUT2D eigenvalue weighted by molar-refractivity contribution is 5.84. The normalized spacial score (nSPS) is 11.4. The lowest BCUT2D eigenvalue weighted by Crippen LogP contribution is -2.19. The Morgan fingerprint density at radius 3 is 2.83 bits per heavy atom. The lowest BCUT2D eigenvalue weighted by molar-refractivity contribution is 0.224. The summed E-state index contributed by atoms with van der Waals surface area (Å²) in [6, 6.07) is 9.09. The molecule has 0 radical (unpaired) electrons. The first-order valence-corrected chi connectivity index (χ1v) is 5.90. The molecule has 0 bridgehead atoms. The third-order valence-corrected chi connectivity index (χ3v) is 2.86. The van der Waals surface area contributed by atoms with Crippen molar-refractivity contribution in [1.82, 2.24) is 4.98 Å². The van der Waals surface area contributed by atoms with Crippen LogP contribution in [0.15, 0.2) is 47.8 Å². The van der Waals surface area contributed by atoms with E-state index in [-0.39, 0.29) is 11.0 Å². The number of benzene rings is 1. The van der Waals surface area contributed by atoms with Crippen LogP contribution in [0.5, 0.6) is 5.75 Å². The molecule has 94 valence electrons. The van der Waals surface area contributed by atoms with Gasteiger partial charge in [0, 0.05) is 16.9 Å². The minimum Gasteiger partial charge on any atom is -0.492 e. The average molecular weight is 243 g/mol. The monoisotopic (exact) mass is 243 g/mol. The quantitative estimate of drug-likeness (QED) is 0.838. The number of ether oxygens (including phenoxy) is 1. The number of fused-ring (bicyclic) bond motifs is 1. The molecular formula is C15H17NO2. The summed E-state index contributed by atoms with van der Waals surface area (Å²) in [5.74, 6) is 0.615. The Hall–Kier alpha value is -2.03. The first-order valence-electron chi connectivity index (χ1n) is 5.90. The van der Waals surface area contributed by atoms with E-state index in [4.69, 9.17) is 4.74 Å². The highest BCUT2D eigenvalue weighted by Crippen LogP contribution is 2.24. The zero-order valence-corrected chi connectivity index (χ0v) is 10.7. The summed E-state index contributed by atoms with van der Waals surface area (Å²) in [6.07, 6.45) is 1.85. The van der Waals surface area contributed by atoms with Gasteiger partial charge in [0.2, 0.25) is 0 Å². The fourth-order valence-corrected chi connectivity index (χ4v) is 1.61. The molecule has 0 saturated carbocycles. The van der Waals surface area contributed by atoms with E-state index in [1.807, 2.05) is 44.2 Å². The second-order valence-electron chi connectivity index (χ2n) is 5.02. The number of hydrogen-bond acceptors (Lipinski definition) is 2. The van der Waals surface area contributed by atoms with Crippen LogP contribution in [0.2, 0.25) is 0 Å². The number of hydrogen-bond donors (Lipinski definition) is 1. The first-order chi connectivity index (χ1) is 8.52. The first kappa shape index (κ1) is 12.4. The standard InChI is InChI=1S/C15H17NO2/c1-4-15(2,3)10-18-13-9-14(17)16-12-8-6-5-7-11(12)13/h4-9H,1,10H2,2-3H3,(H,16,17). The van der Waals surface area contributed by atoms with E-state index >= 15 is 0 Å². The van der Waals surface area contributed by atoms with Gasteiger partial charge in [0.15, 0.2) is 0 Å². The van der Waals surface area contributed by atoms with E-state index in [2.05, 4.69) is 11.6 Å². The molecule has 1 aromatic heterocycles. The number of rotatable bonds is 4. The Morgan fingerprint density at radius 2 is 2.11 bits per heavy atom. The van der Waals surface area contributed by atoms with Crippen LogP contribution in [0.1, 0.15) is 13.8 Å². The van der Waals surface area contributed by atoms with Gasteiger partial charge in [-0.1, -0.05) is 32.1 Å². The third kappa shape index (κ3) is 2.62. The van der Waals surface area contributed by atoms with Crippen molar-refractivity contribution in [2.45, 2.75) is 13.8 Å². The van der Waals surface area contributed by atoms with Crippen molar-refractivity contribution in [3.05, 3.63) is 53.3 Å². The Balaban J connectivity index is 2.38. The van der Waals surface area contributed by atoms with Gasteiger partial charge in [-0.15, -0.1) is 6.58 Å². The summed E-state index contributed by atoms with van der Waals surface area (Å²) in [6.45, 7) is 8.34. The molecule has 3 heteroatoms. The maximum absolute atomic E-state index is 11.5. The zero-order valence-electron chi connectivity index (χ0n) is 10.7. The largest absolute Gasteiger partial charge is 0.492 e. The van der Waals surface area contributed by atoms with Gasteiger partial charge in [-0.3, -0.25) is 4.79 Å². The molecule has 0 aliphatic rings. The van der Waals surface area contributed by atoms with Crippen LogP contribution in [0.25, 0.3) is 10.9 Å². The number of pyridine rings is 1. The van der Waals surface area contributed by atoms with E-state index in [0.717, 1.165) is 10.9 Å². The van der Waals surface area contributed by atoms with Crippen LogP contribution in [0.4, 0.5) is 0 Å². The molecule has 3 nitrogen and oxygen atoms in total. The third-order valence-electron chi connectivity index (χ3n) is 2.86. The van der Waals surface area contributed by atoms with Crippen molar-refractivity contribution in [2.75, 3.05) is 6.61 Å². The maximum atomic E-state index is 11.5. The van der Waals surface area contributed by atoms with Crippen LogP contribution >= 0.6 is 0 Å². The molecule has 0 fully saturated rings. The van der Waals surface area contributed by atoms with Gasteiger partial charge in [0.05, 0.1) is 12.1 Å². The van der Waals surface area contributed by atoms with Crippen molar-refractivity contribution in [1.29, 1.82) is 0 Å². The summed E-state index contributed by atoms with van der Waals surface area (Å²) >= 11 is 0. The summed E-state index contributed by atoms with van der Waals surface area (Å²) < 4.78 is 5.76. The Kier molecular flexibility index (Phi) is 3.24. The van der Waals surface area contributed by atoms with E-state index in [1.54, 1.807) is 0 Å². The molecule has 1 aromatic carbocycles. The SMILES string of the molecule is C=CC(C)(C)COc1cc(=O)[nH]c2ccccc12. The van der Waals surface area contributed by atoms with E-state index < -0.39 is 0 Å². The molecule has 0 spiro atoms. The van der Waals surface area contributed by atoms with Gasteiger partial charge in [0.1, 0.15) is 5.75 Å². The van der Waals surface area contributed by atoms with Crippen molar-refractivity contribution in [2.24, 2.45) is 5.41 Å². The van der Waals surface area contributed by atoms with E-state index in [0.29, 0.717) is 12.4 Å². The van der Waals surface area contributed by atoms with Crippen molar-refractivity contribution in [3.8, 4) is 5.75 Å². The van der Waals surface area contributed by atoms with Gasteiger partial charge >= 0.3 is 0 Å². The number of aromatic nitrogens is 1. The molecule has 0 amide bonds. The number of aromatic amines is 1. The maximum Gasteiger partial charge on any atom is 0.252 e. The topological polar surface area (TPSA) is 42.1 Å². The number of para-hydroxylation sites is 1. The van der Waals surface area contributed by atoms with Crippen LogP contribution in [0.3, 0.4) is 0 Å². The fourth-order valence-electron chi connectivity index (χ4n) is 1.61. The minimum absolute atomic E-state index is 0.121. The molecule has 0 unspecified atom stereocenters. The fraction of sp³-hybridized carbons (Fsp3) is 0.267. The molecule has 18 heavy (non-hydrogen) atoms. The lowest BCUT2D eigenvalue weighted by atomic mass is 9.95. The van der Waals surface area contributed by atoms with Crippen molar-refractivity contribution < 1.29 is 4.74 Å². The minimum atomic E-state index is -0.153. The Morgan fingerprint density at radius 1 is 1.39 bits per heavy atom. The summed E-state index contributed by atoms with van der Waals surface area (Å²) in [4.78, 5) is 14.3. The van der Waals surface area contributed by atoms with Gasteiger partial charge in [-0.25, -0.2) is 0 Å². The van der Waals surface area contributed by atoms with Crippen LogP contribution in [-0.2, 0) is 0 Å². The lowest BCUT2D eigenvalue weighted by Gasteiger charge is -2.20. The van der Waals surface area contributed by atoms with Crippen molar-refractivity contribution >= 4 is 10.9 Å². The predicted molar refractivity (Wildman–Crippen MR) is 74.0 cm³/mol. The highest BCUT2D eigenvalue weighted by Gasteiger charge is 2.15. The second kappa shape index (κ2) is 4.69. The second-order valence-corrected chi connectivity index (χ2v) is 5.02. The van der Waals surface area contributed by atoms with E-state index in [9.17, 15) is 4.79 Å². The molecule has 0 aliphatic carbocycles. The number of H-pyrrole nitrogens is 1. The average Bonchev–Trinajstić information content (AvgIpc) is 2.36. The molecule has 1 N–H and O–H groups in total. The molecule has 2 rings (SSSR count). The highest BCUT2D eigenvalue weighted by atomic mass is 16.5. The Bertz CT molecular complexity index is 626. The van der Waals surface area contributed by atoms with Crippen LogP contribution in [0, 0.1) is 5.41 Å². The molecule has 1 heterocycles. The molecule has 0 saturated heterocycles.